The summed E-state index contributed by atoms with van der Waals surface area (Å²) in [5.41, 5.74) is 0.438. The van der Waals surface area contributed by atoms with Crippen LogP contribution in [0.5, 0.6) is 0 Å². The van der Waals surface area contributed by atoms with Gasteiger partial charge in [-0.25, -0.2) is 13.2 Å². The highest BCUT2D eigenvalue weighted by molar-refractivity contribution is 7.91. The van der Waals surface area contributed by atoms with Crippen molar-refractivity contribution in [2.24, 2.45) is 0 Å². The van der Waals surface area contributed by atoms with Crippen molar-refractivity contribution in [3.8, 4) is 0 Å². The highest BCUT2D eigenvalue weighted by Crippen LogP contribution is 2.31. The molecule has 9 heteroatoms. The van der Waals surface area contributed by atoms with Gasteiger partial charge in [-0.05, 0) is 29.9 Å². The Morgan fingerprint density at radius 2 is 1.83 bits per heavy atom. The van der Waals surface area contributed by atoms with Crippen molar-refractivity contribution in [3.05, 3.63) is 35.4 Å². The second-order valence-electron chi connectivity index (χ2n) is 9.34. The van der Waals surface area contributed by atoms with Crippen molar-refractivity contribution >= 4 is 27.7 Å². The fourth-order valence-electron chi connectivity index (χ4n) is 3.87. The van der Waals surface area contributed by atoms with Gasteiger partial charge >= 0.3 is 6.03 Å². The molecule has 4 amide bonds. The Morgan fingerprint density at radius 3 is 2.33 bits per heavy atom. The van der Waals surface area contributed by atoms with Gasteiger partial charge in [-0.2, -0.15) is 0 Å². The maximum Gasteiger partial charge on any atom is 0.325 e. The minimum Gasteiger partial charge on any atom is -0.340 e. The molecule has 0 radical (unpaired) electrons. The molecule has 2 fully saturated rings. The van der Waals surface area contributed by atoms with Crippen LogP contribution in [-0.4, -0.2) is 67.2 Å². The van der Waals surface area contributed by atoms with Crippen LogP contribution < -0.4 is 5.32 Å². The Hall–Kier alpha value is -2.42. The molecule has 2 aliphatic rings. The van der Waals surface area contributed by atoms with E-state index in [9.17, 15) is 22.8 Å². The summed E-state index contributed by atoms with van der Waals surface area (Å²) in [5.74, 6) is -1.02. The number of hydrogen-bond acceptors (Lipinski definition) is 5. The zero-order valence-electron chi connectivity index (χ0n) is 18.1. The van der Waals surface area contributed by atoms with Crippen molar-refractivity contribution in [2.75, 3.05) is 25.1 Å². The van der Waals surface area contributed by atoms with Gasteiger partial charge in [-0.1, -0.05) is 45.0 Å². The zero-order valence-corrected chi connectivity index (χ0v) is 18.9. The molecule has 0 aliphatic carbocycles. The molecule has 2 saturated heterocycles. The van der Waals surface area contributed by atoms with E-state index in [0.717, 1.165) is 10.5 Å². The first kappa shape index (κ1) is 22.3. The van der Waals surface area contributed by atoms with E-state index < -0.39 is 45.8 Å². The van der Waals surface area contributed by atoms with Crippen LogP contribution in [0.25, 0.3) is 0 Å². The van der Waals surface area contributed by atoms with E-state index in [2.05, 4.69) is 26.1 Å². The molecule has 0 saturated carbocycles. The molecule has 8 nitrogen and oxygen atoms in total. The average molecular weight is 436 g/mol. The summed E-state index contributed by atoms with van der Waals surface area (Å²) in [6, 6.07) is 6.44. The van der Waals surface area contributed by atoms with Crippen LogP contribution in [0.3, 0.4) is 0 Å². The number of imide groups is 1. The lowest BCUT2D eigenvalue weighted by molar-refractivity contribution is -0.139. The standard InChI is InChI=1S/C21H29N3O5S/c1-20(2,3)14-6-8-15(9-7-14)21(4)18(26)24(19(27)22-21)12-17(25)23(5)16-10-11-30(28,29)13-16/h6-9,16H,10-13H2,1-5H3,(H,22,27)/t16-,21-/m0/s1. The van der Waals surface area contributed by atoms with E-state index in [-0.39, 0.29) is 16.9 Å². The van der Waals surface area contributed by atoms with E-state index in [1.54, 1.807) is 6.92 Å². The predicted octanol–water partition coefficient (Wildman–Crippen LogP) is 1.40. The van der Waals surface area contributed by atoms with E-state index in [4.69, 9.17) is 0 Å². The topological polar surface area (TPSA) is 104 Å². The van der Waals surface area contributed by atoms with Gasteiger partial charge in [0.25, 0.3) is 5.91 Å². The van der Waals surface area contributed by atoms with Gasteiger partial charge in [0.2, 0.25) is 5.91 Å². The second kappa shape index (κ2) is 7.37. The highest BCUT2D eigenvalue weighted by Gasteiger charge is 2.50. The van der Waals surface area contributed by atoms with Crippen molar-refractivity contribution in [1.82, 2.24) is 15.1 Å². The van der Waals surface area contributed by atoms with E-state index in [0.29, 0.717) is 12.0 Å². The van der Waals surface area contributed by atoms with Gasteiger partial charge in [0, 0.05) is 13.1 Å². The SMILES string of the molecule is CN(C(=O)CN1C(=O)N[C@@](C)(c2ccc(C(C)(C)C)cc2)C1=O)[C@H]1CCS(=O)(=O)C1. The Morgan fingerprint density at radius 1 is 1.23 bits per heavy atom. The molecule has 0 unspecified atom stereocenters. The molecule has 1 aromatic rings. The number of rotatable bonds is 4. The van der Waals surface area contributed by atoms with E-state index in [1.165, 1.54) is 11.9 Å². The molecular weight excluding hydrogens is 406 g/mol. The molecule has 2 heterocycles. The number of carbonyl (C=O) groups is 3. The Kier molecular flexibility index (Phi) is 5.47. The summed E-state index contributed by atoms with van der Waals surface area (Å²) < 4.78 is 23.4. The van der Waals surface area contributed by atoms with Gasteiger partial charge in [-0.3, -0.25) is 14.5 Å². The van der Waals surface area contributed by atoms with Crippen molar-refractivity contribution in [1.29, 1.82) is 0 Å². The second-order valence-corrected chi connectivity index (χ2v) is 11.6. The summed E-state index contributed by atoms with van der Waals surface area (Å²) in [7, 11) is -1.63. The molecule has 0 bridgehead atoms. The van der Waals surface area contributed by atoms with Crippen molar-refractivity contribution in [2.45, 2.75) is 51.1 Å². The maximum absolute atomic E-state index is 13.1. The minimum absolute atomic E-state index is 0.0425. The van der Waals surface area contributed by atoms with Crippen LogP contribution in [0, 0.1) is 0 Å². The van der Waals surface area contributed by atoms with Crippen LogP contribution in [0.1, 0.15) is 45.2 Å². The molecule has 164 valence electrons. The Labute approximate surface area is 177 Å². The number of urea groups is 1. The predicted molar refractivity (Wildman–Crippen MR) is 113 cm³/mol. The Balaban J connectivity index is 1.75. The third kappa shape index (κ3) is 4.08. The number of likely N-dealkylation sites (N-methyl/N-ethyl adjacent to an activating group) is 1. The van der Waals surface area contributed by atoms with Gasteiger partial charge in [0.05, 0.1) is 11.5 Å². The highest BCUT2D eigenvalue weighted by atomic mass is 32.2. The normalized spacial score (nSPS) is 26.0. The lowest BCUT2D eigenvalue weighted by Crippen LogP contribution is -2.46. The largest absolute Gasteiger partial charge is 0.340 e. The Bertz CT molecular complexity index is 981. The number of nitrogens with one attached hydrogen (secondary N) is 1. The van der Waals surface area contributed by atoms with Crippen LogP contribution >= 0.6 is 0 Å². The number of nitrogens with zero attached hydrogens (tertiary/aromatic N) is 2. The molecule has 3 rings (SSSR count). The average Bonchev–Trinajstić information content (AvgIpc) is 3.12. The lowest BCUT2D eigenvalue weighted by Gasteiger charge is -2.26. The summed E-state index contributed by atoms with van der Waals surface area (Å²) in [4.78, 5) is 40.5. The third-order valence-corrected chi connectivity index (χ3v) is 7.80. The molecule has 0 aromatic heterocycles. The maximum atomic E-state index is 13.1. The van der Waals surface area contributed by atoms with E-state index >= 15 is 0 Å². The number of sulfone groups is 1. The fourth-order valence-corrected chi connectivity index (χ4v) is 5.65. The summed E-state index contributed by atoms with van der Waals surface area (Å²) in [6.45, 7) is 7.47. The van der Waals surface area contributed by atoms with Crippen LogP contribution in [0.4, 0.5) is 4.79 Å². The summed E-state index contributed by atoms with van der Waals surface area (Å²) >= 11 is 0. The molecular formula is C21H29N3O5S. The smallest absolute Gasteiger partial charge is 0.325 e. The van der Waals surface area contributed by atoms with Crippen molar-refractivity contribution in [3.63, 3.8) is 0 Å². The van der Waals surface area contributed by atoms with Gasteiger partial charge in [0.15, 0.2) is 9.84 Å². The first-order chi connectivity index (χ1) is 13.7. The molecule has 1 N–H and O–H groups in total. The number of benzene rings is 1. The van der Waals surface area contributed by atoms with Crippen LogP contribution in [-0.2, 0) is 30.4 Å². The van der Waals surface area contributed by atoms with Gasteiger partial charge in [-0.15, -0.1) is 0 Å². The summed E-state index contributed by atoms with van der Waals surface area (Å²) in [5, 5.41) is 2.70. The van der Waals surface area contributed by atoms with Crippen LogP contribution in [0.15, 0.2) is 24.3 Å². The molecule has 0 spiro atoms. The molecule has 2 atom stereocenters. The fraction of sp³-hybridized carbons (Fsp3) is 0.571. The molecule has 2 aliphatic heterocycles. The van der Waals surface area contributed by atoms with Crippen molar-refractivity contribution < 1.29 is 22.8 Å². The molecule has 30 heavy (non-hydrogen) atoms. The summed E-state index contributed by atoms with van der Waals surface area (Å²) in [6.07, 6.45) is 0.364. The quantitative estimate of drug-likeness (QED) is 0.720. The van der Waals surface area contributed by atoms with E-state index in [1.807, 2.05) is 24.3 Å². The first-order valence-electron chi connectivity index (χ1n) is 9.96. The van der Waals surface area contributed by atoms with Crippen LogP contribution in [0.2, 0.25) is 0 Å². The number of amides is 4. The zero-order chi connectivity index (χ0) is 22.5. The third-order valence-electron chi connectivity index (χ3n) is 6.05. The molecule has 1 aromatic carbocycles. The number of carbonyl (C=O) groups excluding carboxylic acids is 3. The van der Waals surface area contributed by atoms with Gasteiger partial charge in [0.1, 0.15) is 12.1 Å². The number of hydrogen-bond donors (Lipinski definition) is 1. The first-order valence-corrected chi connectivity index (χ1v) is 11.8. The lowest BCUT2D eigenvalue weighted by atomic mass is 9.84. The van der Waals surface area contributed by atoms with Gasteiger partial charge < -0.3 is 10.2 Å². The minimum atomic E-state index is -3.15. The monoisotopic (exact) mass is 435 g/mol.